The van der Waals surface area contributed by atoms with E-state index in [0.29, 0.717) is 6.42 Å². The third kappa shape index (κ3) is 9.17. The van der Waals surface area contributed by atoms with Gasteiger partial charge in [-0.1, -0.05) is 67.4 Å². The van der Waals surface area contributed by atoms with Gasteiger partial charge in [0.1, 0.15) is 0 Å². The minimum Gasteiger partial charge on any atom is -0.212 e. The van der Waals surface area contributed by atoms with Gasteiger partial charge in [-0.25, -0.2) is 8.42 Å². The van der Waals surface area contributed by atoms with Crippen LogP contribution >= 0.6 is 45.5 Å². The second-order valence-corrected chi connectivity index (χ2v) is 9.19. The summed E-state index contributed by atoms with van der Waals surface area (Å²) in [5, 5.41) is -0.779. The Morgan fingerprint density at radius 2 is 1.69 bits per heavy atom. The van der Waals surface area contributed by atoms with E-state index in [2.05, 4.69) is 6.92 Å². The molecule has 0 aromatic heterocycles. The van der Waals surface area contributed by atoms with Gasteiger partial charge in [0.25, 0.3) is 0 Å². The zero-order valence-corrected chi connectivity index (χ0v) is 12.9. The molecule has 0 N–H and O–H groups in total. The molecule has 1 unspecified atom stereocenters. The van der Waals surface area contributed by atoms with Crippen molar-refractivity contribution in [1.82, 2.24) is 0 Å². The summed E-state index contributed by atoms with van der Waals surface area (Å²) in [4.78, 5) is 0. The molecule has 0 saturated heterocycles. The molecule has 0 fully saturated rings. The molecule has 16 heavy (non-hydrogen) atoms. The standard InChI is InChI=1S/C9H16Cl4O2S/c1-2-3-4-5-6-8(16(13,14)15)7-9(10,11)12/h8H,2-7H2,1H3. The highest BCUT2D eigenvalue weighted by molar-refractivity contribution is 8.14. The van der Waals surface area contributed by atoms with Crippen LogP contribution in [0.15, 0.2) is 0 Å². The largest absolute Gasteiger partial charge is 0.235 e. The first-order valence-corrected chi connectivity index (χ1v) is 8.67. The van der Waals surface area contributed by atoms with Crippen LogP contribution in [0.5, 0.6) is 0 Å². The summed E-state index contributed by atoms with van der Waals surface area (Å²) in [7, 11) is 1.65. The van der Waals surface area contributed by atoms with Crippen molar-refractivity contribution in [3.63, 3.8) is 0 Å². The van der Waals surface area contributed by atoms with E-state index in [9.17, 15) is 8.42 Å². The normalized spacial score (nSPS) is 15.1. The molecule has 7 heteroatoms. The maximum absolute atomic E-state index is 11.3. The molecule has 2 nitrogen and oxygen atoms in total. The van der Waals surface area contributed by atoms with Crippen molar-refractivity contribution in [2.45, 2.75) is 54.5 Å². The van der Waals surface area contributed by atoms with Gasteiger partial charge in [0.15, 0.2) is 3.79 Å². The highest BCUT2D eigenvalue weighted by Crippen LogP contribution is 2.35. The molecule has 1 atom stereocenters. The Balaban J connectivity index is 4.25. The summed E-state index contributed by atoms with van der Waals surface area (Å²) in [5.74, 6) is 0. The van der Waals surface area contributed by atoms with Crippen molar-refractivity contribution in [3.8, 4) is 0 Å². The summed E-state index contributed by atoms with van der Waals surface area (Å²) in [5.41, 5.74) is 0. The van der Waals surface area contributed by atoms with E-state index < -0.39 is 18.1 Å². The minimum atomic E-state index is -3.67. The van der Waals surface area contributed by atoms with Crippen LogP contribution in [0.1, 0.15) is 45.4 Å². The fourth-order valence-corrected chi connectivity index (χ4v) is 3.59. The Morgan fingerprint density at radius 1 is 1.12 bits per heavy atom. The zero-order valence-electron chi connectivity index (χ0n) is 9.06. The van der Waals surface area contributed by atoms with Gasteiger partial charge in [-0.3, -0.25) is 0 Å². The molecule has 0 aromatic carbocycles. The van der Waals surface area contributed by atoms with E-state index >= 15 is 0 Å². The lowest BCUT2D eigenvalue weighted by Gasteiger charge is -2.18. The Kier molecular flexibility index (Phi) is 8.05. The van der Waals surface area contributed by atoms with Crippen LogP contribution in [0.4, 0.5) is 0 Å². The van der Waals surface area contributed by atoms with Crippen LogP contribution in [0.2, 0.25) is 0 Å². The van der Waals surface area contributed by atoms with Crippen LogP contribution < -0.4 is 0 Å². The van der Waals surface area contributed by atoms with Gasteiger partial charge in [-0.15, -0.1) is 0 Å². The molecule has 0 saturated carbocycles. The third-order valence-electron chi connectivity index (χ3n) is 2.24. The van der Waals surface area contributed by atoms with Crippen LogP contribution in [0.3, 0.4) is 0 Å². The zero-order chi connectivity index (χ0) is 12.8. The van der Waals surface area contributed by atoms with Crippen molar-refractivity contribution in [3.05, 3.63) is 0 Å². The van der Waals surface area contributed by atoms with Gasteiger partial charge in [0.05, 0.1) is 5.25 Å². The Hall–Kier alpha value is 1.11. The van der Waals surface area contributed by atoms with E-state index in [1.54, 1.807) is 0 Å². The van der Waals surface area contributed by atoms with Crippen LogP contribution in [-0.2, 0) is 9.05 Å². The van der Waals surface area contributed by atoms with E-state index in [1.165, 1.54) is 0 Å². The SMILES string of the molecule is CCCCCCC(CC(Cl)(Cl)Cl)S(=O)(=O)Cl. The topological polar surface area (TPSA) is 34.1 Å². The Bertz CT molecular complexity index is 284. The van der Waals surface area contributed by atoms with Crippen molar-refractivity contribution < 1.29 is 8.42 Å². The monoisotopic (exact) mass is 328 g/mol. The van der Waals surface area contributed by atoms with Gasteiger partial charge >= 0.3 is 0 Å². The van der Waals surface area contributed by atoms with Crippen LogP contribution in [0.25, 0.3) is 0 Å². The van der Waals surface area contributed by atoms with E-state index in [-0.39, 0.29) is 6.42 Å². The van der Waals surface area contributed by atoms with Crippen molar-refractivity contribution in [2.24, 2.45) is 0 Å². The number of hydrogen-bond acceptors (Lipinski definition) is 2. The molecule has 0 aliphatic rings. The molecule has 0 heterocycles. The number of hydrogen-bond donors (Lipinski definition) is 0. The van der Waals surface area contributed by atoms with Gasteiger partial charge < -0.3 is 0 Å². The second-order valence-electron chi connectivity index (χ2n) is 3.77. The predicted octanol–water partition coefficient (Wildman–Crippen LogP) is 4.65. The fourth-order valence-electron chi connectivity index (χ4n) is 1.40. The maximum Gasteiger partial charge on any atom is 0.235 e. The minimum absolute atomic E-state index is 0.0599. The molecule has 0 aliphatic heterocycles. The van der Waals surface area contributed by atoms with Crippen LogP contribution in [0, 0.1) is 0 Å². The summed E-state index contributed by atoms with van der Waals surface area (Å²) < 4.78 is 21.0. The van der Waals surface area contributed by atoms with Crippen molar-refractivity contribution in [2.75, 3.05) is 0 Å². The van der Waals surface area contributed by atoms with Gasteiger partial charge in [0, 0.05) is 17.1 Å². The van der Waals surface area contributed by atoms with Crippen molar-refractivity contribution >= 4 is 54.5 Å². The maximum atomic E-state index is 11.3. The molecule has 0 aromatic rings. The number of halogens is 4. The van der Waals surface area contributed by atoms with Crippen molar-refractivity contribution in [1.29, 1.82) is 0 Å². The Labute approximate surface area is 117 Å². The first kappa shape index (κ1) is 17.1. The highest BCUT2D eigenvalue weighted by Gasteiger charge is 2.32. The van der Waals surface area contributed by atoms with E-state index in [0.717, 1.165) is 25.7 Å². The average molecular weight is 330 g/mol. The summed E-state index contributed by atoms with van der Waals surface area (Å²) >= 11 is 16.7. The lowest BCUT2D eigenvalue weighted by atomic mass is 10.1. The molecular formula is C9H16Cl4O2S. The van der Waals surface area contributed by atoms with Crippen LogP contribution in [-0.4, -0.2) is 17.5 Å². The summed E-state index contributed by atoms with van der Waals surface area (Å²) in [6.45, 7) is 2.08. The Morgan fingerprint density at radius 3 is 2.06 bits per heavy atom. The molecule has 0 radical (unpaired) electrons. The summed E-state index contributed by atoms with van der Waals surface area (Å²) in [6, 6.07) is 0. The first-order valence-electron chi connectivity index (χ1n) is 5.17. The molecule has 0 bridgehead atoms. The van der Waals surface area contributed by atoms with E-state index in [4.69, 9.17) is 45.5 Å². The smallest absolute Gasteiger partial charge is 0.212 e. The van der Waals surface area contributed by atoms with Gasteiger partial charge in [0.2, 0.25) is 9.05 Å². The quantitative estimate of drug-likeness (QED) is 0.387. The first-order chi connectivity index (χ1) is 7.17. The number of unbranched alkanes of at least 4 members (excludes halogenated alkanes) is 3. The van der Waals surface area contributed by atoms with Gasteiger partial charge in [-0.05, 0) is 6.42 Å². The predicted molar refractivity (Wildman–Crippen MR) is 72.2 cm³/mol. The third-order valence-corrected chi connectivity index (χ3v) is 4.65. The molecular weight excluding hydrogens is 314 g/mol. The second kappa shape index (κ2) is 7.52. The van der Waals surface area contributed by atoms with Gasteiger partial charge in [-0.2, -0.15) is 0 Å². The lowest BCUT2D eigenvalue weighted by Crippen LogP contribution is -2.23. The lowest BCUT2D eigenvalue weighted by molar-refractivity contribution is 0.553. The molecule has 98 valence electrons. The van der Waals surface area contributed by atoms with E-state index in [1.807, 2.05) is 0 Å². The fraction of sp³-hybridized carbons (Fsp3) is 1.00. The molecule has 0 spiro atoms. The molecule has 0 amide bonds. The molecule has 0 aliphatic carbocycles. The summed E-state index contributed by atoms with van der Waals surface area (Å²) in [6.07, 6.45) is 4.30. The molecule has 0 rings (SSSR count). The number of alkyl halides is 3. The average Bonchev–Trinajstić information content (AvgIpc) is 2.06. The number of rotatable bonds is 7. The highest BCUT2D eigenvalue weighted by atomic mass is 35.7.